The normalized spacial score (nSPS) is 18.9. The number of ketones is 1. The molecule has 2 rings (SSSR count). The second kappa shape index (κ2) is 6.04. The fourth-order valence-electron chi connectivity index (χ4n) is 3.25. The van der Waals surface area contributed by atoms with Crippen molar-refractivity contribution in [3.8, 4) is 0 Å². The number of Topliss-reactive ketones (excluding diaryl/α,β-unsaturated/α-hetero) is 1. The van der Waals surface area contributed by atoms with Gasteiger partial charge >= 0.3 is 0 Å². The van der Waals surface area contributed by atoms with E-state index in [1.807, 2.05) is 25.9 Å². The number of nitrogens with zero attached hydrogens (tertiary/aromatic N) is 1. The Morgan fingerprint density at radius 3 is 2.30 bits per heavy atom. The van der Waals surface area contributed by atoms with Crippen molar-refractivity contribution in [1.82, 2.24) is 4.90 Å². The predicted molar refractivity (Wildman–Crippen MR) is 79.6 cm³/mol. The van der Waals surface area contributed by atoms with E-state index in [0.717, 1.165) is 31.2 Å². The van der Waals surface area contributed by atoms with E-state index in [9.17, 15) is 9.18 Å². The summed E-state index contributed by atoms with van der Waals surface area (Å²) < 4.78 is 14.1. The maximum Gasteiger partial charge on any atom is 0.185 e. The smallest absolute Gasteiger partial charge is 0.185 e. The van der Waals surface area contributed by atoms with Gasteiger partial charge in [-0.2, -0.15) is 0 Å². The molecule has 1 aromatic rings. The fourth-order valence-corrected chi connectivity index (χ4v) is 3.25. The Bertz CT molecular complexity index is 488. The average Bonchev–Trinajstić information content (AvgIpc) is 2.67. The van der Waals surface area contributed by atoms with Gasteiger partial charge in [0.05, 0.1) is 11.1 Å². The largest absolute Gasteiger partial charge is 0.297 e. The highest BCUT2D eigenvalue weighted by Gasteiger charge is 2.41. The van der Waals surface area contributed by atoms with Gasteiger partial charge in [-0.05, 0) is 46.0 Å². The van der Waals surface area contributed by atoms with Crippen molar-refractivity contribution in [2.45, 2.75) is 51.0 Å². The molecule has 0 radical (unpaired) electrons. The summed E-state index contributed by atoms with van der Waals surface area (Å²) in [5, 5.41) is 0. The lowest BCUT2D eigenvalue weighted by Gasteiger charge is -2.38. The quantitative estimate of drug-likeness (QED) is 0.615. The first-order chi connectivity index (χ1) is 9.47. The number of carbonyl (C=O) groups is 1. The summed E-state index contributed by atoms with van der Waals surface area (Å²) in [5.41, 5.74) is 0.642. The number of aryl methyl sites for hydroxylation is 1. The van der Waals surface area contributed by atoms with Crippen molar-refractivity contribution in [1.29, 1.82) is 0 Å². The zero-order valence-corrected chi connectivity index (χ0v) is 12.7. The minimum absolute atomic E-state index is 0.0504. The van der Waals surface area contributed by atoms with Crippen LogP contribution in [0.4, 0.5) is 4.39 Å². The molecule has 1 fully saturated rings. The molecule has 0 amide bonds. The highest BCUT2D eigenvalue weighted by Crippen LogP contribution is 2.34. The van der Waals surface area contributed by atoms with Gasteiger partial charge in [0.1, 0.15) is 5.82 Å². The minimum atomic E-state index is -0.537. The molecular weight excluding hydrogens is 253 g/mol. The highest BCUT2D eigenvalue weighted by atomic mass is 19.1. The Balaban J connectivity index is 2.43. The SMILES string of the molecule is Cc1ccc(F)c(C(=O)C2(N(C)C)CCCCCC2)c1. The molecule has 0 spiro atoms. The van der Waals surface area contributed by atoms with Crippen molar-refractivity contribution in [3.63, 3.8) is 0 Å². The minimum Gasteiger partial charge on any atom is -0.297 e. The van der Waals surface area contributed by atoms with Gasteiger partial charge in [0.2, 0.25) is 0 Å². The summed E-state index contributed by atoms with van der Waals surface area (Å²) in [6.45, 7) is 1.89. The number of benzene rings is 1. The van der Waals surface area contributed by atoms with Gasteiger partial charge < -0.3 is 0 Å². The molecular formula is C17H24FNO. The Labute approximate surface area is 121 Å². The second-order valence-electron chi connectivity index (χ2n) is 6.15. The van der Waals surface area contributed by atoms with Gasteiger partial charge in [-0.25, -0.2) is 4.39 Å². The van der Waals surface area contributed by atoms with Crippen LogP contribution in [0.15, 0.2) is 18.2 Å². The van der Waals surface area contributed by atoms with Crippen LogP contribution < -0.4 is 0 Å². The van der Waals surface area contributed by atoms with Gasteiger partial charge in [-0.15, -0.1) is 0 Å². The lowest BCUT2D eigenvalue weighted by Crippen LogP contribution is -2.51. The van der Waals surface area contributed by atoms with Crippen molar-refractivity contribution >= 4 is 5.78 Å². The number of halogens is 1. The van der Waals surface area contributed by atoms with Gasteiger partial charge in [-0.3, -0.25) is 9.69 Å². The Kier molecular flexibility index (Phi) is 4.59. The summed E-state index contributed by atoms with van der Waals surface area (Å²) in [5.74, 6) is -0.448. The topological polar surface area (TPSA) is 20.3 Å². The Morgan fingerprint density at radius 2 is 1.75 bits per heavy atom. The number of hydrogen-bond acceptors (Lipinski definition) is 2. The zero-order chi connectivity index (χ0) is 14.8. The van der Waals surface area contributed by atoms with Crippen LogP contribution in [0.2, 0.25) is 0 Å². The molecule has 0 saturated heterocycles. The molecule has 0 bridgehead atoms. The third-order valence-electron chi connectivity index (χ3n) is 4.58. The zero-order valence-electron chi connectivity index (χ0n) is 12.7. The first-order valence-corrected chi connectivity index (χ1v) is 7.46. The number of carbonyl (C=O) groups excluding carboxylic acids is 1. The number of rotatable bonds is 3. The second-order valence-corrected chi connectivity index (χ2v) is 6.15. The molecule has 1 aliphatic carbocycles. The molecule has 2 nitrogen and oxygen atoms in total. The van der Waals surface area contributed by atoms with Gasteiger partial charge in [-0.1, -0.05) is 37.3 Å². The Hall–Kier alpha value is -1.22. The molecule has 0 atom stereocenters. The summed E-state index contributed by atoms with van der Waals surface area (Å²) in [6.07, 6.45) is 6.06. The van der Waals surface area contributed by atoms with E-state index in [0.29, 0.717) is 0 Å². The van der Waals surface area contributed by atoms with Crippen molar-refractivity contribution in [2.75, 3.05) is 14.1 Å². The van der Waals surface area contributed by atoms with Crippen LogP contribution in [0.25, 0.3) is 0 Å². The van der Waals surface area contributed by atoms with Crippen LogP contribution >= 0.6 is 0 Å². The summed E-state index contributed by atoms with van der Waals surface area (Å²) in [4.78, 5) is 15.0. The molecule has 3 heteroatoms. The number of hydrogen-bond donors (Lipinski definition) is 0. The van der Waals surface area contributed by atoms with Gasteiger partial charge in [0.25, 0.3) is 0 Å². The monoisotopic (exact) mass is 277 g/mol. The summed E-state index contributed by atoms with van der Waals surface area (Å²) in [7, 11) is 3.88. The maximum absolute atomic E-state index is 14.1. The molecule has 20 heavy (non-hydrogen) atoms. The molecule has 1 aromatic carbocycles. The van der Waals surface area contributed by atoms with Crippen LogP contribution in [0.3, 0.4) is 0 Å². The van der Waals surface area contributed by atoms with E-state index in [1.165, 1.54) is 18.9 Å². The van der Waals surface area contributed by atoms with E-state index < -0.39 is 11.4 Å². The summed E-state index contributed by atoms with van der Waals surface area (Å²) >= 11 is 0. The van der Waals surface area contributed by atoms with E-state index in [4.69, 9.17) is 0 Å². The van der Waals surface area contributed by atoms with Crippen LogP contribution in [0.5, 0.6) is 0 Å². The molecule has 110 valence electrons. The van der Waals surface area contributed by atoms with E-state index >= 15 is 0 Å². The molecule has 0 unspecified atom stereocenters. The third kappa shape index (κ3) is 2.78. The van der Waals surface area contributed by atoms with Crippen LogP contribution in [-0.2, 0) is 0 Å². The van der Waals surface area contributed by atoms with Crippen LogP contribution in [0.1, 0.15) is 54.4 Å². The van der Waals surface area contributed by atoms with Gasteiger partial charge in [0, 0.05) is 0 Å². The fraction of sp³-hybridized carbons (Fsp3) is 0.588. The van der Waals surface area contributed by atoms with E-state index in [1.54, 1.807) is 12.1 Å². The molecule has 1 saturated carbocycles. The van der Waals surface area contributed by atoms with Crippen molar-refractivity contribution < 1.29 is 9.18 Å². The van der Waals surface area contributed by atoms with Crippen LogP contribution in [0, 0.1) is 12.7 Å². The van der Waals surface area contributed by atoms with Crippen LogP contribution in [-0.4, -0.2) is 30.3 Å². The maximum atomic E-state index is 14.1. The van der Waals surface area contributed by atoms with Gasteiger partial charge in [0.15, 0.2) is 5.78 Å². The van der Waals surface area contributed by atoms with Crippen molar-refractivity contribution in [3.05, 3.63) is 35.1 Å². The lowest BCUT2D eigenvalue weighted by atomic mass is 9.81. The lowest BCUT2D eigenvalue weighted by molar-refractivity contribution is 0.0630. The summed E-state index contributed by atoms with van der Waals surface area (Å²) in [6, 6.07) is 4.80. The average molecular weight is 277 g/mol. The molecule has 1 aliphatic rings. The standard InChI is InChI=1S/C17H24FNO/c1-13-8-9-15(18)14(12-13)16(20)17(19(2)3)10-6-4-5-7-11-17/h8-9,12H,4-7,10-11H2,1-3H3. The molecule has 0 aliphatic heterocycles. The van der Waals surface area contributed by atoms with E-state index in [2.05, 4.69) is 0 Å². The molecule has 0 heterocycles. The first-order valence-electron chi connectivity index (χ1n) is 7.46. The Morgan fingerprint density at radius 1 is 1.15 bits per heavy atom. The highest BCUT2D eigenvalue weighted by molar-refractivity contribution is 6.03. The molecule has 0 aromatic heterocycles. The molecule has 0 N–H and O–H groups in total. The van der Waals surface area contributed by atoms with E-state index in [-0.39, 0.29) is 11.3 Å². The predicted octanol–water partition coefficient (Wildman–Crippen LogP) is 3.97. The first kappa shape index (κ1) is 15.2. The van der Waals surface area contributed by atoms with Crippen molar-refractivity contribution in [2.24, 2.45) is 0 Å². The third-order valence-corrected chi connectivity index (χ3v) is 4.58. The number of likely N-dealkylation sites (N-methyl/N-ethyl adjacent to an activating group) is 1.